The van der Waals surface area contributed by atoms with Crippen LogP contribution in [0.25, 0.3) is 22.6 Å². The van der Waals surface area contributed by atoms with Crippen LogP contribution in [0, 0.1) is 18.3 Å². The highest BCUT2D eigenvalue weighted by molar-refractivity contribution is 5.99. The van der Waals surface area contributed by atoms with Gasteiger partial charge in [0, 0.05) is 22.2 Å². The maximum absolute atomic E-state index is 12.0. The van der Waals surface area contributed by atoms with Crippen LogP contribution in [0.3, 0.4) is 0 Å². The molecule has 0 atom stereocenters. The molecule has 26 heavy (non-hydrogen) atoms. The maximum atomic E-state index is 12.0. The Morgan fingerprint density at radius 1 is 1.15 bits per heavy atom. The third kappa shape index (κ3) is 3.38. The molecule has 0 unspecified atom stereocenters. The zero-order valence-corrected chi connectivity index (χ0v) is 14.9. The quantitative estimate of drug-likeness (QED) is 0.503. The number of nitrogens with zero attached hydrogens (tertiary/aromatic N) is 2. The van der Waals surface area contributed by atoms with E-state index in [-0.39, 0.29) is 12.5 Å². The minimum Gasteiger partial charge on any atom is -0.465 e. The molecule has 0 radical (unpaired) electrons. The summed E-state index contributed by atoms with van der Waals surface area (Å²) < 4.78 is 7.05. The second kappa shape index (κ2) is 7.71. The van der Waals surface area contributed by atoms with Crippen molar-refractivity contribution < 1.29 is 9.53 Å². The normalized spacial score (nSPS) is 11.3. The van der Waals surface area contributed by atoms with E-state index >= 15 is 0 Å². The Kier molecular flexibility index (Phi) is 5.19. The van der Waals surface area contributed by atoms with Gasteiger partial charge in [-0.25, -0.2) is 0 Å². The largest absolute Gasteiger partial charge is 0.465 e. The van der Waals surface area contributed by atoms with Gasteiger partial charge in [-0.3, -0.25) is 4.79 Å². The molecule has 0 aliphatic rings. The highest BCUT2D eigenvalue weighted by Crippen LogP contribution is 2.29. The fourth-order valence-electron chi connectivity index (χ4n) is 3.12. The lowest BCUT2D eigenvalue weighted by atomic mass is 10.0. The molecule has 0 saturated carbocycles. The Bertz CT molecular complexity index is 1010. The monoisotopic (exact) mass is 344 g/mol. The van der Waals surface area contributed by atoms with E-state index in [1.807, 2.05) is 72.2 Å². The second-order valence-electron chi connectivity index (χ2n) is 5.94. The number of hydrogen-bond acceptors (Lipinski definition) is 3. The molecule has 0 aliphatic carbocycles. The molecule has 3 rings (SSSR count). The van der Waals surface area contributed by atoms with E-state index in [9.17, 15) is 10.1 Å². The van der Waals surface area contributed by atoms with E-state index in [0.717, 1.165) is 27.7 Å². The van der Waals surface area contributed by atoms with Gasteiger partial charge in [0.05, 0.1) is 18.2 Å². The Balaban J connectivity index is 2.15. The summed E-state index contributed by atoms with van der Waals surface area (Å²) in [7, 11) is 0. The topological polar surface area (TPSA) is 55.0 Å². The summed E-state index contributed by atoms with van der Waals surface area (Å²) in [5.74, 6) is -0.268. The lowest BCUT2D eigenvalue weighted by Gasteiger charge is -2.07. The number of ether oxygens (including phenoxy) is 1. The molecule has 2 aromatic carbocycles. The minimum absolute atomic E-state index is 0.154. The van der Waals surface area contributed by atoms with Crippen molar-refractivity contribution in [2.75, 3.05) is 6.61 Å². The van der Waals surface area contributed by atoms with Crippen molar-refractivity contribution in [1.82, 2.24) is 4.57 Å². The average molecular weight is 344 g/mol. The van der Waals surface area contributed by atoms with Gasteiger partial charge in [-0.2, -0.15) is 5.26 Å². The van der Waals surface area contributed by atoms with Crippen LogP contribution in [-0.4, -0.2) is 17.1 Å². The average Bonchev–Trinajstić information content (AvgIpc) is 2.92. The summed E-state index contributed by atoms with van der Waals surface area (Å²) in [5.41, 5.74) is 4.30. The third-order valence-corrected chi connectivity index (χ3v) is 4.37. The summed E-state index contributed by atoms with van der Waals surface area (Å²) in [6.07, 6.45) is 1.90. The van der Waals surface area contributed by atoms with Gasteiger partial charge in [-0.1, -0.05) is 48.5 Å². The number of allylic oxidation sites excluding steroid dienone is 1. The lowest BCUT2D eigenvalue weighted by molar-refractivity contribution is -0.143. The van der Waals surface area contributed by atoms with Gasteiger partial charge in [0.1, 0.15) is 6.54 Å². The smallest absolute Gasteiger partial charge is 0.325 e. The molecule has 0 N–H and O–H groups in total. The second-order valence-corrected chi connectivity index (χ2v) is 5.94. The zero-order valence-electron chi connectivity index (χ0n) is 14.9. The van der Waals surface area contributed by atoms with Gasteiger partial charge in [0.2, 0.25) is 0 Å². The third-order valence-electron chi connectivity index (χ3n) is 4.37. The molecular weight excluding hydrogens is 324 g/mol. The summed E-state index contributed by atoms with van der Waals surface area (Å²) in [4.78, 5) is 12.0. The number of para-hydroxylation sites is 1. The Hall–Kier alpha value is -3.32. The molecule has 0 amide bonds. The van der Waals surface area contributed by atoms with Crippen LogP contribution < -0.4 is 0 Å². The summed E-state index contributed by atoms with van der Waals surface area (Å²) in [5, 5.41) is 10.6. The van der Waals surface area contributed by atoms with Gasteiger partial charge >= 0.3 is 5.97 Å². The van der Waals surface area contributed by atoms with Gasteiger partial charge in [-0.15, -0.1) is 0 Å². The van der Waals surface area contributed by atoms with E-state index in [1.54, 1.807) is 6.92 Å². The molecule has 4 heteroatoms. The van der Waals surface area contributed by atoms with Crippen molar-refractivity contribution in [3.8, 4) is 6.07 Å². The van der Waals surface area contributed by atoms with Gasteiger partial charge < -0.3 is 9.30 Å². The fourth-order valence-corrected chi connectivity index (χ4v) is 3.12. The van der Waals surface area contributed by atoms with E-state index in [1.165, 1.54) is 0 Å². The molecule has 1 heterocycles. The molecule has 3 aromatic rings. The Labute approximate surface area is 152 Å². The SMILES string of the molecule is CCOC(=O)Cn1c(C)c(/C=C(\C#N)c2ccccc2)c2ccccc21. The van der Waals surface area contributed by atoms with E-state index in [4.69, 9.17) is 4.74 Å². The van der Waals surface area contributed by atoms with E-state index < -0.39 is 0 Å². The Morgan fingerprint density at radius 2 is 1.85 bits per heavy atom. The molecule has 1 aromatic heterocycles. The zero-order chi connectivity index (χ0) is 18.5. The molecule has 0 spiro atoms. The van der Waals surface area contributed by atoms with Crippen molar-refractivity contribution in [2.45, 2.75) is 20.4 Å². The number of hydrogen-bond donors (Lipinski definition) is 0. The first-order chi connectivity index (χ1) is 12.7. The number of benzene rings is 2. The van der Waals surface area contributed by atoms with Gasteiger partial charge in [-0.05, 0) is 31.6 Å². The molecule has 0 saturated heterocycles. The number of rotatable bonds is 5. The number of esters is 1. The summed E-state index contributed by atoms with van der Waals surface area (Å²) >= 11 is 0. The highest BCUT2D eigenvalue weighted by Gasteiger charge is 2.16. The number of aromatic nitrogens is 1. The molecule has 130 valence electrons. The van der Waals surface area contributed by atoms with Crippen molar-refractivity contribution in [2.24, 2.45) is 0 Å². The van der Waals surface area contributed by atoms with Crippen molar-refractivity contribution in [3.05, 3.63) is 71.4 Å². The van der Waals surface area contributed by atoms with Crippen LogP contribution in [0.4, 0.5) is 0 Å². The molecule has 0 fully saturated rings. The molecule has 0 bridgehead atoms. The number of carbonyl (C=O) groups excluding carboxylic acids is 1. The number of fused-ring (bicyclic) bond motifs is 1. The molecular formula is C22H20N2O2. The van der Waals surface area contributed by atoms with Gasteiger partial charge in [0.25, 0.3) is 0 Å². The first-order valence-corrected chi connectivity index (χ1v) is 8.56. The predicted octanol–water partition coefficient (Wildman–Crippen LogP) is 4.58. The first kappa shape index (κ1) is 17.5. The predicted molar refractivity (Wildman–Crippen MR) is 103 cm³/mol. The molecule has 4 nitrogen and oxygen atoms in total. The van der Waals surface area contributed by atoms with Crippen molar-refractivity contribution >= 4 is 28.5 Å². The summed E-state index contributed by atoms with van der Waals surface area (Å²) in [6.45, 7) is 4.27. The fraction of sp³-hybridized carbons (Fsp3) is 0.182. The van der Waals surface area contributed by atoms with E-state index in [2.05, 4.69) is 6.07 Å². The van der Waals surface area contributed by atoms with Crippen molar-refractivity contribution in [1.29, 1.82) is 5.26 Å². The van der Waals surface area contributed by atoms with Crippen LogP contribution in [0.2, 0.25) is 0 Å². The minimum atomic E-state index is -0.268. The summed E-state index contributed by atoms with van der Waals surface area (Å²) in [6, 6.07) is 19.8. The maximum Gasteiger partial charge on any atom is 0.325 e. The Morgan fingerprint density at radius 3 is 2.54 bits per heavy atom. The van der Waals surface area contributed by atoms with Gasteiger partial charge in [0.15, 0.2) is 0 Å². The standard InChI is InChI=1S/C22H20N2O2/c1-3-26-22(25)15-24-16(2)20(19-11-7-8-12-21(19)24)13-18(14-23)17-9-5-4-6-10-17/h4-13H,3,15H2,1-2H3/b18-13+. The highest BCUT2D eigenvalue weighted by atomic mass is 16.5. The lowest BCUT2D eigenvalue weighted by Crippen LogP contribution is -2.14. The first-order valence-electron chi connectivity index (χ1n) is 8.56. The van der Waals surface area contributed by atoms with Crippen LogP contribution in [0.1, 0.15) is 23.7 Å². The van der Waals surface area contributed by atoms with Crippen LogP contribution >= 0.6 is 0 Å². The number of nitriles is 1. The van der Waals surface area contributed by atoms with Crippen LogP contribution in [0.15, 0.2) is 54.6 Å². The van der Waals surface area contributed by atoms with Crippen molar-refractivity contribution in [3.63, 3.8) is 0 Å². The van der Waals surface area contributed by atoms with E-state index in [0.29, 0.717) is 12.2 Å². The number of carbonyl (C=O) groups is 1. The van der Waals surface area contributed by atoms with Crippen LogP contribution in [0.5, 0.6) is 0 Å². The molecule has 0 aliphatic heterocycles. The van der Waals surface area contributed by atoms with Crippen LogP contribution in [-0.2, 0) is 16.1 Å².